The van der Waals surface area contributed by atoms with Crippen LogP contribution in [0.3, 0.4) is 0 Å². The number of nitrogens with one attached hydrogen (secondary N) is 1. The van der Waals surface area contributed by atoms with Gasteiger partial charge < -0.3 is 15.0 Å². The minimum atomic E-state index is -0.447. The Bertz CT molecular complexity index is 941. The summed E-state index contributed by atoms with van der Waals surface area (Å²) in [5, 5.41) is 2.87. The summed E-state index contributed by atoms with van der Waals surface area (Å²) in [7, 11) is 0. The fraction of sp³-hybridized carbons (Fsp3) is 0.304. The van der Waals surface area contributed by atoms with E-state index >= 15 is 0 Å². The number of para-hydroxylation sites is 2. The molecule has 2 aromatic rings. The maximum Gasteiger partial charge on any atom is 0.294 e. The predicted molar refractivity (Wildman–Crippen MR) is 115 cm³/mol. The van der Waals surface area contributed by atoms with Crippen LogP contribution in [0.4, 0.5) is 10.1 Å². The second-order valence-electron chi connectivity index (χ2n) is 6.90. The summed E-state index contributed by atoms with van der Waals surface area (Å²) >= 11 is 0. The van der Waals surface area contributed by atoms with Crippen LogP contribution in [0.2, 0.25) is 0 Å². The normalized spacial score (nSPS) is 14.6. The van der Waals surface area contributed by atoms with Gasteiger partial charge in [-0.15, -0.1) is 0 Å². The smallest absolute Gasteiger partial charge is 0.294 e. The molecule has 0 aromatic heterocycles. The molecule has 0 bridgehead atoms. The molecule has 0 fully saturated rings. The average Bonchev–Trinajstić information content (AvgIpc) is 2.74. The van der Waals surface area contributed by atoms with E-state index < -0.39 is 11.7 Å². The highest BCUT2D eigenvalue weighted by Gasteiger charge is 2.31. The van der Waals surface area contributed by atoms with E-state index in [9.17, 15) is 14.0 Å². The molecule has 30 heavy (non-hydrogen) atoms. The highest BCUT2D eigenvalue weighted by atomic mass is 19.1. The number of carbonyl (C=O) groups excluding carboxylic acids is 2. The van der Waals surface area contributed by atoms with Crippen LogP contribution in [-0.4, -0.2) is 49.4 Å². The van der Waals surface area contributed by atoms with Gasteiger partial charge in [-0.05, 0) is 49.0 Å². The standard InChI is InChI=1S/C23H26FN3O3/c1-3-26(4-2)13-12-25-22(28)16-27-19-10-5-6-11-20(19)30-21(23(27)29)15-17-8-7-9-18(24)14-17/h5-11,14-15H,3-4,12-13,16H2,1-2H3,(H,25,28). The Morgan fingerprint density at radius 3 is 2.67 bits per heavy atom. The summed E-state index contributed by atoms with van der Waals surface area (Å²) in [6.45, 7) is 7.09. The van der Waals surface area contributed by atoms with Gasteiger partial charge in [0.2, 0.25) is 5.91 Å². The number of fused-ring (bicyclic) bond motifs is 1. The Morgan fingerprint density at radius 2 is 1.93 bits per heavy atom. The summed E-state index contributed by atoms with van der Waals surface area (Å²) in [5.41, 5.74) is 1.03. The SMILES string of the molecule is CCN(CC)CCNC(=O)CN1C(=O)C(=Cc2cccc(F)c2)Oc2ccccc21. The molecule has 1 N–H and O–H groups in total. The van der Waals surface area contributed by atoms with Gasteiger partial charge in [0, 0.05) is 13.1 Å². The van der Waals surface area contributed by atoms with E-state index in [0.717, 1.165) is 19.6 Å². The first kappa shape index (κ1) is 21.5. The van der Waals surface area contributed by atoms with Gasteiger partial charge in [-0.1, -0.05) is 38.1 Å². The van der Waals surface area contributed by atoms with Crippen molar-refractivity contribution >= 4 is 23.6 Å². The number of benzene rings is 2. The second-order valence-corrected chi connectivity index (χ2v) is 6.90. The Morgan fingerprint density at radius 1 is 1.17 bits per heavy atom. The van der Waals surface area contributed by atoms with Crippen molar-refractivity contribution in [2.75, 3.05) is 37.6 Å². The van der Waals surface area contributed by atoms with Crippen molar-refractivity contribution in [1.82, 2.24) is 10.2 Å². The van der Waals surface area contributed by atoms with E-state index in [2.05, 4.69) is 24.1 Å². The van der Waals surface area contributed by atoms with Crippen LogP contribution in [0.5, 0.6) is 5.75 Å². The third-order valence-electron chi connectivity index (χ3n) is 4.92. The fourth-order valence-corrected chi connectivity index (χ4v) is 3.26. The molecule has 0 unspecified atom stereocenters. The molecule has 7 heteroatoms. The lowest BCUT2D eigenvalue weighted by Crippen LogP contribution is -2.45. The maximum absolute atomic E-state index is 13.5. The van der Waals surface area contributed by atoms with Crippen molar-refractivity contribution in [3.05, 3.63) is 65.7 Å². The minimum absolute atomic E-state index is 0.0373. The van der Waals surface area contributed by atoms with Crippen molar-refractivity contribution in [2.24, 2.45) is 0 Å². The van der Waals surface area contributed by atoms with Crippen LogP contribution in [0.25, 0.3) is 6.08 Å². The molecule has 1 heterocycles. The summed E-state index contributed by atoms with van der Waals surface area (Å²) < 4.78 is 19.3. The van der Waals surface area contributed by atoms with Crippen molar-refractivity contribution in [2.45, 2.75) is 13.8 Å². The van der Waals surface area contributed by atoms with Crippen LogP contribution in [0.15, 0.2) is 54.3 Å². The zero-order valence-electron chi connectivity index (χ0n) is 17.2. The van der Waals surface area contributed by atoms with E-state index in [1.807, 2.05) is 0 Å². The molecule has 3 rings (SSSR count). The van der Waals surface area contributed by atoms with E-state index in [0.29, 0.717) is 23.5 Å². The van der Waals surface area contributed by atoms with Crippen molar-refractivity contribution in [3.8, 4) is 5.75 Å². The van der Waals surface area contributed by atoms with Gasteiger partial charge >= 0.3 is 0 Å². The van der Waals surface area contributed by atoms with Crippen molar-refractivity contribution in [3.63, 3.8) is 0 Å². The van der Waals surface area contributed by atoms with Crippen LogP contribution in [0.1, 0.15) is 19.4 Å². The van der Waals surface area contributed by atoms with Gasteiger partial charge in [-0.3, -0.25) is 14.5 Å². The predicted octanol–water partition coefficient (Wildman–Crippen LogP) is 3.05. The van der Waals surface area contributed by atoms with Crippen LogP contribution < -0.4 is 15.0 Å². The van der Waals surface area contributed by atoms with Gasteiger partial charge in [-0.25, -0.2) is 4.39 Å². The third-order valence-corrected chi connectivity index (χ3v) is 4.92. The zero-order chi connectivity index (χ0) is 21.5. The number of carbonyl (C=O) groups is 2. The lowest BCUT2D eigenvalue weighted by Gasteiger charge is -2.30. The number of ether oxygens (including phenoxy) is 1. The molecule has 0 saturated heterocycles. The van der Waals surface area contributed by atoms with E-state index in [1.54, 1.807) is 36.4 Å². The molecule has 0 spiro atoms. The first-order chi connectivity index (χ1) is 14.5. The second kappa shape index (κ2) is 10.0. The lowest BCUT2D eigenvalue weighted by molar-refractivity contribution is -0.123. The number of halogens is 1. The van der Waals surface area contributed by atoms with Gasteiger partial charge in [0.05, 0.1) is 5.69 Å². The maximum atomic E-state index is 13.5. The molecule has 6 nitrogen and oxygen atoms in total. The Labute approximate surface area is 175 Å². The van der Waals surface area contributed by atoms with Crippen LogP contribution in [0, 0.1) is 5.82 Å². The number of hydrogen-bond donors (Lipinski definition) is 1. The topological polar surface area (TPSA) is 61.9 Å². The average molecular weight is 411 g/mol. The lowest BCUT2D eigenvalue weighted by atomic mass is 10.1. The Hall–Kier alpha value is -3.19. The first-order valence-corrected chi connectivity index (χ1v) is 10.1. The van der Waals surface area contributed by atoms with E-state index in [4.69, 9.17) is 4.74 Å². The van der Waals surface area contributed by atoms with Gasteiger partial charge in [0.25, 0.3) is 5.91 Å². The molecule has 0 saturated carbocycles. The molecule has 2 aromatic carbocycles. The molecule has 0 atom stereocenters. The molecule has 1 aliphatic heterocycles. The number of amides is 2. The molecular formula is C23H26FN3O3. The monoisotopic (exact) mass is 411 g/mol. The number of anilines is 1. The van der Waals surface area contributed by atoms with Crippen molar-refractivity contribution < 1.29 is 18.7 Å². The largest absolute Gasteiger partial charge is 0.449 e. The highest BCUT2D eigenvalue weighted by Crippen LogP contribution is 2.35. The third kappa shape index (κ3) is 5.24. The first-order valence-electron chi connectivity index (χ1n) is 10.1. The summed E-state index contributed by atoms with van der Waals surface area (Å²) in [4.78, 5) is 29.1. The van der Waals surface area contributed by atoms with E-state index in [-0.39, 0.29) is 18.2 Å². The van der Waals surface area contributed by atoms with Gasteiger partial charge in [0.1, 0.15) is 12.4 Å². The number of rotatable bonds is 8. The molecule has 158 valence electrons. The van der Waals surface area contributed by atoms with E-state index in [1.165, 1.54) is 23.1 Å². The Kier molecular flexibility index (Phi) is 7.19. The molecular weight excluding hydrogens is 385 g/mol. The number of likely N-dealkylation sites (N-methyl/N-ethyl adjacent to an activating group) is 1. The highest BCUT2D eigenvalue weighted by molar-refractivity contribution is 6.12. The number of nitrogens with zero attached hydrogens (tertiary/aromatic N) is 2. The fourth-order valence-electron chi connectivity index (χ4n) is 3.26. The van der Waals surface area contributed by atoms with Crippen LogP contribution >= 0.6 is 0 Å². The molecule has 0 radical (unpaired) electrons. The van der Waals surface area contributed by atoms with Gasteiger partial charge in [-0.2, -0.15) is 0 Å². The van der Waals surface area contributed by atoms with Gasteiger partial charge in [0.15, 0.2) is 11.5 Å². The Balaban J connectivity index is 1.77. The molecule has 1 aliphatic rings. The molecule has 2 amide bonds. The van der Waals surface area contributed by atoms with Crippen LogP contribution in [-0.2, 0) is 9.59 Å². The zero-order valence-corrected chi connectivity index (χ0v) is 17.2. The summed E-state index contributed by atoms with van der Waals surface area (Å²) in [5.74, 6) is -0.599. The number of hydrogen-bond acceptors (Lipinski definition) is 4. The quantitative estimate of drug-likeness (QED) is 0.679. The molecule has 0 aliphatic carbocycles. The summed E-state index contributed by atoms with van der Waals surface area (Å²) in [6, 6.07) is 12.9. The van der Waals surface area contributed by atoms with Crippen molar-refractivity contribution in [1.29, 1.82) is 0 Å². The summed E-state index contributed by atoms with van der Waals surface area (Å²) in [6.07, 6.45) is 1.48. The minimum Gasteiger partial charge on any atom is -0.449 e.